The molecule has 3 N–H and O–H groups in total. The van der Waals surface area contributed by atoms with Crippen LogP contribution in [0.5, 0.6) is 0 Å². The fourth-order valence-corrected chi connectivity index (χ4v) is 1.71. The molecule has 2 atom stereocenters. The van der Waals surface area contributed by atoms with Crippen LogP contribution in [0.25, 0.3) is 0 Å². The van der Waals surface area contributed by atoms with E-state index < -0.39 is 0 Å². The zero-order valence-electron chi connectivity index (χ0n) is 11.3. The van der Waals surface area contributed by atoms with Crippen LogP contribution in [0.2, 0.25) is 0 Å². The highest BCUT2D eigenvalue weighted by Gasteiger charge is 2.15. The number of nitrogens with two attached hydrogens (primary N) is 1. The fourth-order valence-electron chi connectivity index (χ4n) is 1.71. The average Bonchev–Trinajstić information content (AvgIpc) is 2.24. The normalized spacial score (nSPS) is 14.9. The molecule has 0 aliphatic heterocycles. The van der Waals surface area contributed by atoms with Crippen LogP contribution in [0.4, 0.5) is 0 Å². The predicted molar refractivity (Wildman–Crippen MR) is 69.2 cm³/mol. The van der Waals surface area contributed by atoms with E-state index in [-0.39, 0.29) is 17.9 Å². The standard InChI is InChI=1S/C13H28N2O/c1-5-12(6-2)15-13(16)10(3)8-7-9-11(4)14/h10-12H,5-9,14H2,1-4H3,(H,15,16). The molecule has 3 heteroatoms. The lowest BCUT2D eigenvalue weighted by Gasteiger charge is -2.18. The van der Waals surface area contributed by atoms with Gasteiger partial charge in [-0.1, -0.05) is 27.2 Å². The number of nitrogens with one attached hydrogen (secondary N) is 1. The number of amides is 1. The van der Waals surface area contributed by atoms with Crippen LogP contribution < -0.4 is 11.1 Å². The molecule has 0 aromatic carbocycles. The molecule has 0 bridgehead atoms. The van der Waals surface area contributed by atoms with Gasteiger partial charge in [0.2, 0.25) is 5.91 Å². The molecule has 0 radical (unpaired) electrons. The molecule has 2 unspecified atom stereocenters. The molecule has 1 amide bonds. The summed E-state index contributed by atoms with van der Waals surface area (Å²) in [6.07, 6.45) is 4.99. The first-order valence-corrected chi connectivity index (χ1v) is 6.57. The Balaban J connectivity index is 3.80. The van der Waals surface area contributed by atoms with Gasteiger partial charge in [0.05, 0.1) is 0 Å². The van der Waals surface area contributed by atoms with Gasteiger partial charge in [-0.2, -0.15) is 0 Å². The van der Waals surface area contributed by atoms with Crippen LogP contribution in [0.15, 0.2) is 0 Å². The van der Waals surface area contributed by atoms with Gasteiger partial charge in [-0.15, -0.1) is 0 Å². The summed E-state index contributed by atoms with van der Waals surface area (Å²) in [4.78, 5) is 11.8. The first kappa shape index (κ1) is 15.4. The molecule has 0 heterocycles. The zero-order valence-corrected chi connectivity index (χ0v) is 11.3. The number of hydrogen-bond acceptors (Lipinski definition) is 2. The molecule has 0 aromatic heterocycles. The summed E-state index contributed by atoms with van der Waals surface area (Å²) < 4.78 is 0. The molecule has 0 spiro atoms. The SMILES string of the molecule is CCC(CC)NC(=O)C(C)CCCC(C)N. The maximum Gasteiger partial charge on any atom is 0.223 e. The Kier molecular flexibility index (Phi) is 8.26. The van der Waals surface area contributed by atoms with Gasteiger partial charge < -0.3 is 11.1 Å². The molecular formula is C13H28N2O. The van der Waals surface area contributed by atoms with E-state index in [2.05, 4.69) is 19.2 Å². The lowest BCUT2D eigenvalue weighted by molar-refractivity contribution is -0.125. The molecule has 0 saturated carbocycles. The molecule has 16 heavy (non-hydrogen) atoms. The van der Waals surface area contributed by atoms with Crippen LogP contribution in [0.1, 0.15) is 59.8 Å². The van der Waals surface area contributed by atoms with Crippen LogP contribution in [0, 0.1) is 5.92 Å². The second-order valence-electron chi connectivity index (χ2n) is 4.83. The van der Waals surface area contributed by atoms with Gasteiger partial charge in [0.15, 0.2) is 0 Å². The first-order chi connectivity index (χ1) is 7.51. The van der Waals surface area contributed by atoms with Crippen LogP contribution in [-0.4, -0.2) is 18.0 Å². The van der Waals surface area contributed by atoms with Crippen molar-refractivity contribution < 1.29 is 4.79 Å². The monoisotopic (exact) mass is 228 g/mol. The topological polar surface area (TPSA) is 55.1 Å². The van der Waals surface area contributed by atoms with E-state index >= 15 is 0 Å². The molecule has 96 valence electrons. The Bertz CT molecular complexity index is 188. The Morgan fingerprint density at radius 3 is 2.19 bits per heavy atom. The third-order valence-corrected chi connectivity index (χ3v) is 3.08. The predicted octanol–water partition coefficient (Wildman–Crippen LogP) is 2.44. The maximum absolute atomic E-state index is 11.8. The van der Waals surface area contributed by atoms with Gasteiger partial charge >= 0.3 is 0 Å². The van der Waals surface area contributed by atoms with E-state index in [1.165, 1.54) is 0 Å². The fraction of sp³-hybridized carbons (Fsp3) is 0.923. The Labute approximate surface area is 100 Å². The minimum Gasteiger partial charge on any atom is -0.353 e. The van der Waals surface area contributed by atoms with Crippen LogP contribution in [0.3, 0.4) is 0 Å². The summed E-state index contributed by atoms with van der Waals surface area (Å²) in [6.45, 7) is 8.22. The van der Waals surface area contributed by atoms with Crippen molar-refractivity contribution in [1.82, 2.24) is 5.32 Å². The molecule has 0 aliphatic rings. The van der Waals surface area contributed by atoms with E-state index in [0.29, 0.717) is 6.04 Å². The van der Waals surface area contributed by atoms with E-state index in [0.717, 1.165) is 32.1 Å². The number of carbonyl (C=O) groups excluding carboxylic acids is 1. The largest absolute Gasteiger partial charge is 0.353 e. The third-order valence-electron chi connectivity index (χ3n) is 3.08. The number of carbonyl (C=O) groups is 1. The van der Waals surface area contributed by atoms with E-state index in [1.807, 2.05) is 13.8 Å². The minimum absolute atomic E-state index is 0.111. The molecule has 0 aromatic rings. The minimum atomic E-state index is 0.111. The molecule has 0 saturated heterocycles. The number of hydrogen-bond donors (Lipinski definition) is 2. The van der Waals surface area contributed by atoms with Gasteiger partial charge in [-0.25, -0.2) is 0 Å². The van der Waals surface area contributed by atoms with E-state index in [9.17, 15) is 4.79 Å². The average molecular weight is 228 g/mol. The zero-order chi connectivity index (χ0) is 12.6. The van der Waals surface area contributed by atoms with Crippen molar-refractivity contribution in [3.05, 3.63) is 0 Å². The summed E-state index contributed by atoms with van der Waals surface area (Å²) in [6, 6.07) is 0.581. The highest BCUT2D eigenvalue weighted by atomic mass is 16.1. The van der Waals surface area contributed by atoms with Crippen molar-refractivity contribution >= 4 is 5.91 Å². The third kappa shape index (κ3) is 6.83. The summed E-state index contributed by atoms with van der Waals surface area (Å²) in [5, 5.41) is 3.08. The Morgan fingerprint density at radius 2 is 1.75 bits per heavy atom. The summed E-state index contributed by atoms with van der Waals surface area (Å²) in [5.74, 6) is 0.303. The quantitative estimate of drug-likeness (QED) is 0.670. The van der Waals surface area contributed by atoms with Gasteiger partial charge in [-0.05, 0) is 32.6 Å². The molecule has 0 rings (SSSR count). The van der Waals surface area contributed by atoms with Crippen molar-refractivity contribution in [3.63, 3.8) is 0 Å². The molecule has 0 fully saturated rings. The second kappa shape index (κ2) is 8.57. The first-order valence-electron chi connectivity index (χ1n) is 6.57. The van der Waals surface area contributed by atoms with Gasteiger partial charge in [0, 0.05) is 18.0 Å². The van der Waals surface area contributed by atoms with Gasteiger partial charge in [0.1, 0.15) is 0 Å². The smallest absolute Gasteiger partial charge is 0.223 e. The lowest BCUT2D eigenvalue weighted by Crippen LogP contribution is -2.37. The van der Waals surface area contributed by atoms with Crippen LogP contribution in [-0.2, 0) is 4.79 Å². The van der Waals surface area contributed by atoms with Crippen molar-refractivity contribution in [1.29, 1.82) is 0 Å². The highest BCUT2D eigenvalue weighted by molar-refractivity contribution is 5.78. The Morgan fingerprint density at radius 1 is 1.19 bits per heavy atom. The molecule has 0 aliphatic carbocycles. The van der Waals surface area contributed by atoms with E-state index in [4.69, 9.17) is 5.73 Å². The Hall–Kier alpha value is -0.570. The van der Waals surface area contributed by atoms with Crippen molar-refractivity contribution in [2.24, 2.45) is 11.7 Å². The molecule has 3 nitrogen and oxygen atoms in total. The van der Waals surface area contributed by atoms with Gasteiger partial charge in [0.25, 0.3) is 0 Å². The highest BCUT2D eigenvalue weighted by Crippen LogP contribution is 2.10. The summed E-state index contributed by atoms with van der Waals surface area (Å²) in [5.41, 5.74) is 5.68. The maximum atomic E-state index is 11.8. The van der Waals surface area contributed by atoms with Crippen molar-refractivity contribution in [2.45, 2.75) is 71.9 Å². The van der Waals surface area contributed by atoms with Crippen molar-refractivity contribution in [3.8, 4) is 0 Å². The summed E-state index contributed by atoms with van der Waals surface area (Å²) >= 11 is 0. The van der Waals surface area contributed by atoms with Gasteiger partial charge in [-0.3, -0.25) is 4.79 Å². The van der Waals surface area contributed by atoms with Crippen molar-refractivity contribution in [2.75, 3.05) is 0 Å². The molecular weight excluding hydrogens is 200 g/mol. The lowest BCUT2D eigenvalue weighted by atomic mass is 10.0. The summed E-state index contributed by atoms with van der Waals surface area (Å²) in [7, 11) is 0. The number of rotatable bonds is 8. The van der Waals surface area contributed by atoms with Crippen LogP contribution >= 0.6 is 0 Å². The second-order valence-corrected chi connectivity index (χ2v) is 4.83. The van der Waals surface area contributed by atoms with E-state index in [1.54, 1.807) is 0 Å².